The van der Waals surface area contributed by atoms with Gasteiger partial charge in [-0.15, -0.1) is 0 Å². The summed E-state index contributed by atoms with van der Waals surface area (Å²) in [6.45, 7) is 9.09. The van der Waals surface area contributed by atoms with Crippen molar-refractivity contribution in [2.75, 3.05) is 6.61 Å². The smallest absolute Gasteiger partial charge is 0.119 e. The first-order chi connectivity index (χ1) is 12.0. The van der Waals surface area contributed by atoms with E-state index in [1.807, 2.05) is 16.7 Å². The van der Waals surface area contributed by atoms with Gasteiger partial charge < -0.3 is 14.4 Å². The van der Waals surface area contributed by atoms with Gasteiger partial charge in [0.15, 0.2) is 0 Å². The summed E-state index contributed by atoms with van der Waals surface area (Å²) in [7, 11) is 0. The Labute approximate surface area is 149 Å². The Morgan fingerprint density at radius 2 is 1.84 bits per heavy atom. The number of imidazole rings is 1. The van der Waals surface area contributed by atoms with E-state index in [0.29, 0.717) is 6.54 Å². The average Bonchev–Trinajstić information content (AvgIpc) is 2.94. The highest BCUT2D eigenvalue weighted by molar-refractivity contribution is 5.77. The van der Waals surface area contributed by atoms with Crippen molar-refractivity contribution in [1.82, 2.24) is 9.55 Å². The fourth-order valence-corrected chi connectivity index (χ4v) is 3.04. The number of fused-ring (bicyclic) bond motifs is 1. The van der Waals surface area contributed by atoms with E-state index in [1.165, 1.54) is 22.3 Å². The standard InChI is InChI=1S/C21H26N2O2/c1-5-17-6-14(2)7-19(10-17)25-12-18(24)11-23-13-22-20-8-15(3)16(4)9-21(20)23/h6-10,13,18,24H,5,11-12H2,1-4H3. The molecule has 1 heterocycles. The van der Waals surface area contributed by atoms with Crippen molar-refractivity contribution >= 4 is 11.0 Å². The van der Waals surface area contributed by atoms with E-state index in [-0.39, 0.29) is 6.61 Å². The van der Waals surface area contributed by atoms with E-state index in [4.69, 9.17) is 4.74 Å². The van der Waals surface area contributed by atoms with Crippen LogP contribution in [0.25, 0.3) is 11.0 Å². The maximum Gasteiger partial charge on any atom is 0.119 e. The summed E-state index contributed by atoms with van der Waals surface area (Å²) < 4.78 is 7.80. The summed E-state index contributed by atoms with van der Waals surface area (Å²) in [6, 6.07) is 10.4. The average molecular weight is 338 g/mol. The van der Waals surface area contributed by atoms with Crippen molar-refractivity contribution in [3.05, 3.63) is 58.9 Å². The summed E-state index contributed by atoms with van der Waals surface area (Å²) >= 11 is 0. The first-order valence-corrected chi connectivity index (χ1v) is 8.79. The van der Waals surface area contributed by atoms with Crippen LogP contribution in [0.5, 0.6) is 5.75 Å². The highest BCUT2D eigenvalue weighted by atomic mass is 16.5. The molecule has 0 aliphatic carbocycles. The molecule has 3 aromatic rings. The van der Waals surface area contributed by atoms with Crippen molar-refractivity contribution in [2.24, 2.45) is 0 Å². The predicted octanol–water partition coefficient (Wildman–Crippen LogP) is 3.96. The number of rotatable bonds is 6. The lowest BCUT2D eigenvalue weighted by molar-refractivity contribution is 0.0933. The molecule has 4 heteroatoms. The van der Waals surface area contributed by atoms with Gasteiger partial charge in [-0.2, -0.15) is 0 Å². The van der Waals surface area contributed by atoms with Gasteiger partial charge in [0.25, 0.3) is 0 Å². The van der Waals surface area contributed by atoms with Crippen molar-refractivity contribution in [3.8, 4) is 5.75 Å². The van der Waals surface area contributed by atoms with Crippen LogP contribution in [-0.2, 0) is 13.0 Å². The predicted molar refractivity (Wildman–Crippen MR) is 101 cm³/mol. The molecule has 1 atom stereocenters. The van der Waals surface area contributed by atoms with E-state index in [1.54, 1.807) is 6.33 Å². The molecular weight excluding hydrogens is 312 g/mol. The monoisotopic (exact) mass is 338 g/mol. The number of ether oxygens (including phenoxy) is 1. The van der Waals surface area contributed by atoms with Crippen LogP contribution in [0.1, 0.15) is 29.2 Å². The van der Waals surface area contributed by atoms with Crippen LogP contribution >= 0.6 is 0 Å². The third-order valence-electron chi connectivity index (χ3n) is 4.61. The third-order valence-corrected chi connectivity index (χ3v) is 4.61. The highest BCUT2D eigenvalue weighted by Crippen LogP contribution is 2.20. The quantitative estimate of drug-likeness (QED) is 0.740. The van der Waals surface area contributed by atoms with Crippen LogP contribution in [0.4, 0.5) is 0 Å². The molecule has 1 unspecified atom stereocenters. The minimum atomic E-state index is -0.593. The number of aliphatic hydroxyl groups is 1. The van der Waals surface area contributed by atoms with E-state index in [2.05, 4.69) is 50.9 Å². The number of nitrogens with zero attached hydrogens (tertiary/aromatic N) is 2. The molecule has 1 N–H and O–H groups in total. The van der Waals surface area contributed by atoms with Crippen LogP contribution in [0.2, 0.25) is 0 Å². The van der Waals surface area contributed by atoms with E-state index in [9.17, 15) is 5.11 Å². The molecule has 0 aliphatic rings. The molecule has 0 saturated heterocycles. The van der Waals surface area contributed by atoms with Crippen LogP contribution in [0, 0.1) is 20.8 Å². The zero-order chi connectivity index (χ0) is 18.0. The number of hydrogen-bond donors (Lipinski definition) is 1. The Morgan fingerprint density at radius 3 is 2.60 bits per heavy atom. The molecule has 3 rings (SSSR count). The van der Waals surface area contributed by atoms with Crippen molar-refractivity contribution in [1.29, 1.82) is 0 Å². The van der Waals surface area contributed by atoms with Gasteiger partial charge in [0.05, 0.1) is 23.9 Å². The van der Waals surface area contributed by atoms with Gasteiger partial charge in [-0.05, 0) is 73.7 Å². The summed E-state index contributed by atoms with van der Waals surface area (Å²) in [5.41, 5.74) is 6.89. The minimum Gasteiger partial charge on any atom is -0.491 e. The Balaban J connectivity index is 1.68. The molecule has 0 spiro atoms. The molecule has 0 amide bonds. The largest absolute Gasteiger partial charge is 0.491 e. The Hall–Kier alpha value is -2.33. The molecule has 0 bridgehead atoms. The highest BCUT2D eigenvalue weighted by Gasteiger charge is 2.11. The zero-order valence-corrected chi connectivity index (χ0v) is 15.4. The summed E-state index contributed by atoms with van der Waals surface area (Å²) in [5, 5.41) is 10.4. The fourth-order valence-electron chi connectivity index (χ4n) is 3.04. The summed E-state index contributed by atoms with van der Waals surface area (Å²) in [6.07, 6.45) is 2.17. The van der Waals surface area contributed by atoms with Gasteiger partial charge in [-0.25, -0.2) is 4.98 Å². The Bertz CT molecular complexity index is 883. The molecule has 2 aromatic carbocycles. The fraction of sp³-hybridized carbons (Fsp3) is 0.381. The SMILES string of the molecule is CCc1cc(C)cc(OCC(O)Cn2cnc3cc(C)c(C)cc32)c1. The third kappa shape index (κ3) is 4.02. The molecular formula is C21H26N2O2. The molecule has 0 aliphatic heterocycles. The Kier molecular flexibility index (Phi) is 5.09. The molecule has 0 saturated carbocycles. The number of aliphatic hydroxyl groups excluding tert-OH is 1. The van der Waals surface area contributed by atoms with Gasteiger partial charge in [0.1, 0.15) is 18.5 Å². The van der Waals surface area contributed by atoms with Gasteiger partial charge in [0, 0.05) is 0 Å². The normalized spacial score (nSPS) is 12.5. The molecule has 0 fully saturated rings. The van der Waals surface area contributed by atoms with Gasteiger partial charge in [-0.1, -0.05) is 13.0 Å². The molecule has 4 nitrogen and oxygen atoms in total. The van der Waals surface area contributed by atoms with Crippen molar-refractivity contribution < 1.29 is 9.84 Å². The lowest BCUT2D eigenvalue weighted by Gasteiger charge is -2.15. The second-order valence-corrected chi connectivity index (χ2v) is 6.79. The van der Waals surface area contributed by atoms with E-state index >= 15 is 0 Å². The zero-order valence-electron chi connectivity index (χ0n) is 15.4. The van der Waals surface area contributed by atoms with Crippen LogP contribution in [0.15, 0.2) is 36.7 Å². The summed E-state index contributed by atoms with van der Waals surface area (Å²) in [5.74, 6) is 0.817. The lowest BCUT2D eigenvalue weighted by Crippen LogP contribution is -2.23. The second kappa shape index (κ2) is 7.28. The van der Waals surface area contributed by atoms with E-state index in [0.717, 1.165) is 23.2 Å². The van der Waals surface area contributed by atoms with Gasteiger partial charge in [-0.3, -0.25) is 0 Å². The summed E-state index contributed by atoms with van der Waals surface area (Å²) in [4.78, 5) is 4.44. The molecule has 0 radical (unpaired) electrons. The number of aryl methyl sites for hydroxylation is 4. The minimum absolute atomic E-state index is 0.261. The number of hydrogen-bond acceptors (Lipinski definition) is 3. The van der Waals surface area contributed by atoms with Gasteiger partial charge >= 0.3 is 0 Å². The molecule has 1 aromatic heterocycles. The van der Waals surface area contributed by atoms with Crippen LogP contribution in [0.3, 0.4) is 0 Å². The van der Waals surface area contributed by atoms with Crippen LogP contribution in [-0.4, -0.2) is 27.4 Å². The van der Waals surface area contributed by atoms with Gasteiger partial charge in [0.2, 0.25) is 0 Å². The van der Waals surface area contributed by atoms with Crippen molar-refractivity contribution in [2.45, 2.75) is 46.8 Å². The van der Waals surface area contributed by atoms with Crippen LogP contribution < -0.4 is 4.74 Å². The first kappa shape index (κ1) is 17.5. The Morgan fingerprint density at radius 1 is 1.08 bits per heavy atom. The number of benzene rings is 2. The number of aromatic nitrogens is 2. The topological polar surface area (TPSA) is 47.3 Å². The van der Waals surface area contributed by atoms with Crippen molar-refractivity contribution in [3.63, 3.8) is 0 Å². The first-order valence-electron chi connectivity index (χ1n) is 8.79. The molecule has 132 valence electrons. The molecule has 25 heavy (non-hydrogen) atoms. The van der Waals surface area contributed by atoms with E-state index < -0.39 is 6.10 Å². The maximum atomic E-state index is 10.4. The second-order valence-electron chi connectivity index (χ2n) is 6.79. The maximum absolute atomic E-state index is 10.4. The lowest BCUT2D eigenvalue weighted by atomic mass is 10.1.